The van der Waals surface area contributed by atoms with Crippen molar-refractivity contribution in [2.75, 3.05) is 17.7 Å². The molecule has 3 aromatic rings. The summed E-state index contributed by atoms with van der Waals surface area (Å²) in [7, 11) is 1.37. The SMILES string of the molecule is CN(C(=O)/C=C/c1cccc(F)c1)c1c(N)n(Cc2ccccc2)c(=O)[nH]c1=O. The number of benzene rings is 2. The van der Waals surface area contributed by atoms with Crippen molar-refractivity contribution in [2.45, 2.75) is 6.54 Å². The molecule has 2 aromatic carbocycles. The monoisotopic (exact) mass is 394 g/mol. The zero-order chi connectivity index (χ0) is 21.0. The van der Waals surface area contributed by atoms with Crippen molar-refractivity contribution in [3.8, 4) is 0 Å². The van der Waals surface area contributed by atoms with Crippen molar-refractivity contribution < 1.29 is 9.18 Å². The Bertz CT molecular complexity index is 1180. The summed E-state index contributed by atoms with van der Waals surface area (Å²) in [6, 6.07) is 14.8. The Hall–Kier alpha value is -3.94. The van der Waals surface area contributed by atoms with Crippen LogP contribution in [0.25, 0.3) is 6.08 Å². The van der Waals surface area contributed by atoms with Crippen LogP contribution in [0.2, 0.25) is 0 Å². The fourth-order valence-corrected chi connectivity index (χ4v) is 2.82. The lowest BCUT2D eigenvalue weighted by atomic mass is 10.2. The second-order valence-corrected chi connectivity index (χ2v) is 6.35. The number of likely N-dealkylation sites (N-methyl/N-ethyl adjacent to an activating group) is 1. The molecule has 0 fully saturated rings. The lowest BCUT2D eigenvalue weighted by Gasteiger charge is -2.19. The predicted molar refractivity (Wildman–Crippen MR) is 110 cm³/mol. The van der Waals surface area contributed by atoms with Gasteiger partial charge in [0.2, 0.25) is 0 Å². The van der Waals surface area contributed by atoms with Crippen molar-refractivity contribution in [1.82, 2.24) is 9.55 Å². The first kappa shape index (κ1) is 19.8. The van der Waals surface area contributed by atoms with Crippen molar-refractivity contribution >= 4 is 23.5 Å². The molecule has 3 N–H and O–H groups in total. The van der Waals surface area contributed by atoms with Crippen LogP contribution in [0.5, 0.6) is 0 Å². The van der Waals surface area contributed by atoms with E-state index in [2.05, 4.69) is 4.98 Å². The van der Waals surface area contributed by atoms with Crippen LogP contribution in [0.3, 0.4) is 0 Å². The van der Waals surface area contributed by atoms with Gasteiger partial charge in [0, 0.05) is 13.1 Å². The highest BCUT2D eigenvalue weighted by atomic mass is 19.1. The molecule has 0 atom stereocenters. The topological polar surface area (TPSA) is 101 Å². The van der Waals surface area contributed by atoms with Crippen molar-refractivity contribution in [1.29, 1.82) is 0 Å². The van der Waals surface area contributed by atoms with E-state index in [-0.39, 0.29) is 18.1 Å². The van der Waals surface area contributed by atoms with Crippen LogP contribution in [0.15, 0.2) is 70.3 Å². The number of hydrogen-bond acceptors (Lipinski definition) is 4. The number of nitrogens with two attached hydrogens (primary N) is 1. The molecule has 0 radical (unpaired) electrons. The molecule has 0 spiro atoms. The first-order valence-electron chi connectivity index (χ1n) is 8.74. The maximum atomic E-state index is 13.3. The van der Waals surface area contributed by atoms with Gasteiger partial charge < -0.3 is 10.6 Å². The molecule has 0 bridgehead atoms. The lowest BCUT2D eigenvalue weighted by Crippen LogP contribution is -2.39. The van der Waals surface area contributed by atoms with Gasteiger partial charge >= 0.3 is 5.69 Å². The molecule has 0 aliphatic carbocycles. The first-order valence-corrected chi connectivity index (χ1v) is 8.74. The Labute approximate surface area is 165 Å². The third-order valence-electron chi connectivity index (χ3n) is 4.33. The number of rotatable bonds is 5. The molecule has 29 heavy (non-hydrogen) atoms. The summed E-state index contributed by atoms with van der Waals surface area (Å²) in [5, 5.41) is 0. The van der Waals surface area contributed by atoms with Gasteiger partial charge in [-0.25, -0.2) is 9.18 Å². The molecule has 1 aromatic heterocycles. The average Bonchev–Trinajstić information content (AvgIpc) is 2.70. The molecule has 1 heterocycles. The Morgan fingerprint density at radius 1 is 1.17 bits per heavy atom. The molecule has 0 unspecified atom stereocenters. The molecule has 0 aliphatic heterocycles. The summed E-state index contributed by atoms with van der Waals surface area (Å²) >= 11 is 0. The molecule has 0 saturated heterocycles. The molecule has 0 saturated carbocycles. The number of nitrogens with zero attached hydrogens (tertiary/aromatic N) is 2. The zero-order valence-electron chi connectivity index (χ0n) is 15.6. The third kappa shape index (κ3) is 4.49. The van der Waals surface area contributed by atoms with Crippen LogP contribution < -0.4 is 21.9 Å². The second-order valence-electron chi connectivity index (χ2n) is 6.35. The number of hydrogen-bond donors (Lipinski definition) is 2. The van der Waals surface area contributed by atoms with E-state index < -0.39 is 23.0 Å². The maximum Gasteiger partial charge on any atom is 0.330 e. The van der Waals surface area contributed by atoms with Gasteiger partial charge in [0.15, 0.2) is 5.69 Å². The van der Waals surface area contributed by atoms with Gasteiger partial charge in [-0.1, -0.05) is 42.5 Å². The minimum atomic E-state index is -0.771. The fraction of sp³-hybridized carbons (Fsp3) is 0.0952. The summed E-state index contributed by atoms with van der Waals surface area (Å²) < 4.78 is 14.4. The average molecular weight is 394 g/mol. The number of halogens is 1. The molecule has 7 nitrogen and oxygen atoms in total. The summed E-state index contributed by atoms with van der Waals surface area (Å²) in [5.74, 6) is -1.12. The number of nitrogens with one attached hydrogen (secondary N) is 1. The number of H-pyrrole nitrogens is 1. The number of anilines is 2. The highest BCUT2D eigenvalue weighted by molar-refractivity contribution is 6.04. The Balaban J connectivity index is 1.92. The van der Waals surface area contributed by atoms with Crippen LogP contribution in [0, 0.1) is 5.82 Å². The van der Waals surface area contributed by atoms with Crippen LogP contribution in [0.4, 0.5) is 15.9 Å². The number of carbonyl (C=O) groups excluding carboxylic acids is 1. The standard InChI is InChI=1S/C21H19FN4O3/c1-25(17(27)11-10-14-8-5-9-16(22)12-14)18-19(23)26(21(29)24-20(18)28)13-15-6-3-2-4-7-15/h2-12H,13,23H2,1H3,(H,24,28,29)/b11-10+. The van der Waals surface area contributed by atoms with Gasteiger partial charge in [-0.2, -0.15) is 0 Å². The first-order chi connectivity index (χ1) is 13.9. The van der Waals surface area contributed by atoms with E-state index in [0.29, 0.717) is 5.56 Å². The van der Waals surface area contributed by atoms with E-state index >= 15 is 0 Å². The molecule has 0 aliphatic rings. The van der Waals surface area contributed by atoms with Gasteiger partial charge in [-0.15, -0.1) is 0 Å². The highest BCUT2D eigenvalue weighted by Gasteiger charge is 2.19. The van der Waals surface area contributed by atoms with Crippen LogP contribution in [-0.2, 0) is 11.3 Å². The van der Waals surface area contributed by atoms with E-state index in [4.69, 9.17) is 5.73 Å². The van der Waals surface area contributed by atoms with E-state index in [0.717, 1.165) is 10.5 Å². The van der Waals surface area contributed by atoms with Gasteiger partial charge in [0.05, 0.1) is 6.54 Å². The minimum absolute atomic E-state index is 0.127. The quantitative estimate of drug-likeness (QED) is 0.646. The number of amides is 1. The van der Waals surface area contributed by atoms with Gasteiger partial charge in [0.25, 0.3) is 11.5 Å². The van der Waals surface area contributed by atoms with Gasteiger partial charge in [-0.05, 0) is 29.3 Å². The number of nitrogen functional groups attached to an aromatic ring is 1. The Morgan fingerprint density at radius 3 is 2.59 bits per heavy atom. The maximum absolute atomic E-state index is 13.3. The van der Waals surface area contributed by atoms with Gasteiger partial charge in [-0.3, -0.25) is 19.1 Å². The van der Waals surface area contributed by atoms with Crippen molar-refractivity contribution in [3.63, 3.8) is 0 Å². The van der Waals surface area contributed by atoms with E-state index in [9.17, 15) is 18.8 Å². The van der Waals surface area contributed by atoms with Crippen LogP contribution in [-0.4, -0.2) is 22.5 Å². The minimum Gasteiger partial charge on any atom is -0.383 e. The van der Waals surface area contributed by atoms with Crippen LogP contribution in [0.1, 0.15) is 11.1 Å². The third-order valence-corrected chi connectivity index (χ3v) is 4.33. The summed E-state index contributed by atoms with van der Waals surface area (Å²) in [4.78, 5) is 40.3. The van der Waals surface area contributed by atoms with Crippen LogP contribution >= 0.6 is 0 Å². The van der Waals surface area contributed by atoms with Crippen molar-refractivity contribution in [3.05, 3.63) is 98.5 Å². The lowest BCUT2D eigenvalue weighted by molar-refractivity contribution is -0.113. The molecular formula is C21H19FN4O3. The Morgan fingerprint density at radius 2 is 1.90 bits per heavy atom. The number of carbonyl (C=O) groups is 1. The highest BCUT2D eigenvalue weighted by Crippen LogP contribution is 2.17. The van der Waals surface area contributed by atoms with E-state index in [1.54, 1.807) is 6.07 Å². The zero-order valence-corrected chi connectivity index (χ0v) is 15.6. The molecular weight excluding hydrogens is 375 g/mol. The normalized spacial score (nSPS) is 11.0. The number of aromatic amines is 1. The molecule has 3 rings (SSSR count). The van der Waals surface area contributed by atoms with E-state index in [1.807, 2.05) is 30.3 Å². The molecule has 148 valence electrons. The smallest absolute Gasteiger partial charge is 0.330 e. The summed E-state index contributed by atoms with van der Waals surface area (Å²) in [5.41, 5.74) is 5.78. The Kier molecular flexibility index (Phi) is 5.73. The van der Waals surface area contributed by atoms with Crippen molar-refractivity contribution in [2.24, 2.45) is 0 Å². The van der Waals surface area contributed by atoms with E-state index in [1.165, 1.54) is 42.0 Å². The largest absolute Gasteiger partial charge is 0.383 e. The fourth-order valence-electron chi connectivity index (χ4n) is 2.82. The summed E-state index contributed by atoms with van der Waals surface area (Å²) in [6.07, 6.45) is 2.62. The second kappa shape index (κ2) is 8.39. The predicted octanol–water partition coefficient (Wildman–Crippen LogP) is 1.98. The van der Waals surface area contributed by atoms with Gasteiger partial charge in [0.1, 0.15) is 11.6 Å². The molecule has 8 heteroatoms. The molecule has 1 amide bonds. The summed E-state index contributed by atoms with van der Waals surface area (Å²) in [6.45, 7) is 0.135. The number of aromatic nitrogens is 2.